The fourth-order valence-corrected chi connectivity index (χ4v) is 3.47. The minimum absolute atomic E-state index is 0.0128. The number of carbonyl (C=O) groups is 1. The Morgan fingerprint density at radius 1 is 1.26 bits per heavy atom. The number of unbranched alkanes of at least 4 members (excludes halogenated alkanes) is 1. The minimum Gasteiger partial charge on any atom is -0.493 e. The monoisotopic (exact) mass is 392 g/mol. The van der Waals surface area contributed by atoms with Crippen molar-refractivity contribution in [1.29, 1.82) is 0 Å². The number of aromatic nitrogens is 1. The van der Waals surface area contributed by atoms with Gasteiger partial charge in [0.2, 0.25) is 5.91 Å². The molecule has 6 nitrogen and oxygen atoms in total. The van der Waals surface area contributed by atoms with E-state index in [4.69, 9.17) is 9.47 Å². The van der Waals surface area contributed by atoms with E-state index in [1.165, 1.54) is 11.3 Å². The highest BCUT2D eigenvalue weighted by molar-refractivity contribution is 7.09. The number of methoxy groups -OCH3 is 1. The summed E-state index contributed by atoms with van der Waals surface area (Å²) in [6, 6.07) is 5.66. The number of carbonyl (C=O) groups excluding carboxylic acids is 1. The zero-order chi connectivity index (χ0) is 19.8. The van der Waals surface area contributed by atoms with E-state index in [-0.39, 0.29) is 17.2 Å². The fourth-order valence-electron chi connectivity index (χ4n) is 2.62. The van der Waals surface area contributed by atoms with Crippen LogP contribution in [0, 0.1) is 13.8 Å². The molecule has 0 radical (unpaired) electrons. The largest absolute Gasteiger partial charge is 0.493 e. The van der Waals surface area contributed by atoms with Crippen molar-refractivity contribution in [3.63, 3.8) is 0 Å². The summed E-state index contributed by atoms with van der Waals surface area (Å²) in [7, 11) is 1.60. The van der Waals surface area contributed by atoms with Crippen LogP contribution in [0.1, 0.15) is 42.3 Å². The van der Waals surface area contributed by atoms with Gasteiger partial charge < -0.3 is 19.4 Å². The third kappa shape index (κ3) is 5.85. The number of nitrogens with one attached hydrogen (secondary N) is 1. The van der Waals surface area contributed by atoms with Gasteiger partial charge >= 0.3 is 4.87 Å². The molecule has 0 aliphatic heterocycles. The van der Waals surface area contributed by atoms with Crippen LogP contribution in [0.3, 0.4) is 0 Å². The zero-order valence-electron chi connectivity index (χ0n) is 16.5. The van der Waals surface area contributed by atoms with Crippen molar-refractivity contribution in [3.05, 3.63) is 44.0 Å². The minimum atomic E-state index is -0.0904. The third-order valence-corrected chi connectivity index (χ3v) is 5.41. The number of thiazole rings is 1. The van der Waals surface area contributed by atoms with Gasteiger partial charge in [0.1, 0.15) is 0 Å². The quantitative estimate of drug-likeness (QED) is 0.629. The fraction of sp³-hybridized carbons (Fsp3) is 0.500. The summed E-state index contributed by atoms with van der Waals surface area (Å²) >= 11 is 1.22. The van der Waals surface area contributed by atoms with E-state index >= 15 is 0 Å². The van der Waals surface area contributed by atoms with Gasteiger partial charge in [-0.1, -0.05) is 30.7 Å². The Morgan fingerprint density at radius 3 is 2.67 bits per heavy atom. The maximum atomic E-state index is 12.1. The normalized spacial score (nSPS) is 10.7. The Morgan fingerprint density at radius 2 is 2.04 bits per heavy atom. The molecule has 0 fully saturated rings. The molecule has 0 saturated heterocycles. The van der Waals surface area contributed by atoms with E-state index in [1.54, 1.807) is 11.7 Å². The molecule has 7 heteroatoms. The first-order valence-corrected chi connectivity index (χ1v) is 10.0. The number of rotatable bonds is 10. The molecule has 0 spiro atoms. The highest BCUT2D eigenvalue weighted by Gasteiger charge is 2.10. The summed E-state index contributed by atoms with van der Waals surface area (Å²) in [6.45, 7) is 7.39. The number of benzene rings is 1. The van der Waals surface area contributed by atoms with Crippen LogP contribution in [-0.4, -0.2) is 24.2 Å². The van der Waals surface area contributed by atoms with Crippen molar-refractivity contribution in [2.24, 2.45) is 0 Å². The van der Waals surface area contributed by atoms with Crippen LogP contribution in [0.4, 0.5) is 0 Å². The second kappa shape index (κ2) is 10.2. The maximum absolute atomic E-state index is 12.1. The Labute approximate surface area is 164 Å². The zero-order valence-corrected chi connectivity index (χ0v) is 17.3. The van der Waals surface area contributed by atoms with Crippen LogP contribution in [0.15, 0.2) is 23.0 Å². The molecular formula is C20H28N2O4S. The van der Waals surface area contributed by atoms with Gasteiger partial charge in [0.25, 0.3) is 0 Å². The number of hydrogen-bond acceptors (Lipinski definition) is 5. The van der Waals surface area contributed by atoms with Crippen LogP contribution in [-0.2, 0) is 17.9 Å². The number of ether oxygens (including phenoxy) is 2. The standard InChI is InChI=1S/C20H28N2O4S/c1-5-6-11-26-17-8-7-16(12-18(17)25-4)13-21-19(23)9-10-22-14(2)15(3)27-20(22)24/h7-8,12H,5-6,9-11,13H2,1-4H3,(H,21,23). The first-order valence-electron chi connectivity index (χ1n) is 9.19. The lowest BCUT2D eigenvalue weighted by Gasteiger charge is -2.12. The van der Waals surface area contributed by atoms with Crippen LogP contribution < -0.4 is 19.7 Å². The first-order chi connectivity index (χ1) is 13.0. The van der Waals surface area contributed by atoms with Gasteiger partial charge in [0.15, 0.2) is 11.5 Å². The lowest BCUT2D eigenvalue weighted by atomic mass is 10.2. The highest BCUT2D eigenvalue weighted by Crippen LogP contribution is 2.28. The molecule has 0 aliphatic rings. The smallest absolute Gasteiger partial charge is 0.307 e. The van der Waals surface area contributed by atoms with Crippen molar-refractivity contribution in [2.45, 2.75) is 53.1 Å². The maximum Gasteiger partial charge on any atom is 0.307 e. The summed E-state index contributed by atoms with van der Waals surface area (Å²) in [6.07, 6.45) is 2.34. The summed E-state index contributed by atoms with van der Waals surface area (Å²) < 4.78 is 12.8. The molecule has 0 atom stereocenters. The highest BCUT2D eigenvalue weighted by atomic mass is 32.1. The van der Waals surface area contributed by atoms with Crippen LogP contribution in [0.2, 0.25) is 0 Å². The molecule has 2 aromatic rings. The molecular weight excluding hydrogens is 364 g/mol. The SMILES string of the molecule is CCCCOc1ccc(CNC(=O)CCn2c(C)c(C)sc2=O)cc1OC. The molecule has 1 aromatic heterocycles. The summed E-state index contributed by atoms with van der Waals surface area (Å²) in [5.41, 5.74) is 1.86. The molecule has 0 unspecified atom stereocenters. The van der Waals surface area contributed by atoms with E-state index in [1.807, 2.05) is 32.0 Å². The lowest BCUT2D eigenvalue weighted by Crippen LogP contribution is -2.26. The topological polar surface area (TPSA) is 69.6 Å². The number of aryl methyl sites for hydroxylation is 1. The van der Waals surface area contributed by atoms with Gasteiger partial charge in [0.05, 0.1) is 13.7 Å². The molecule has 1 aromatic carbocycles. The lowest BCUT2D eigenvalue weighted by molar-refractivity contribution is -0.121. The molecule has 2 rings (SSSR count). The Balaban J connectivity index is 1.88. The van der Waals surface area contributed by atoms with E-state index in [2.05, 4.69) is 12.2 Å². The predicted molar refractivity (Wildman–Crippen MR) is 108 cm³/mol. The van der Waals surface area contributed by atoms with Crippen molar-refractivity contribution >= 4 is 17.2 Å². The van der Waals surface area contributed by atoms with E-state index in [0.717, 1.165) is 29.0 Å². The summed E-state index contributed by atoms with van der Waals surface area (Å²) in [4.78, 5) is 25.0. The van der Waals surface area contributed by atoms with Crippen molar-refractivity contribution in [1.82, 2.24) is 9.88 Å². The Hall–Kier alpha value is -2.28. The second-order valence-corrected chi connectivity index (χ2v) is 7.54. The summed E-state index contributed by atoms with van der Waals surface area (Å²) in [5, 5.41) is 2.89. The van der Waals surface area contributed by atoms with Gasteiger partial charge in [-0.25, -0.2) is 0 Å². The summed E-state index contributed by atoms with van der Waals surface area (Å²) in [5.74, 6) is 1.28. The molecule has 1 amide bonds. The van der Waals surface area contributed by atoms with Crippen LogP contribution in [0.5, 0.6) is 11.5 Å². The van der Waals surface area contributed by atoms with Gasteiger partial charge in [-0.3, -0.25) is 9.59 Å². The van der Waals surface area contributed by atoms with Gasteiger partial charge in [0, 0.05) is 30.1 Å². The van der Waals surface area contributed by atoms with Crippen molar-refractivity contribution in [3.8, 4) is 11.5 Å². The first kappa shape index (κ1) is 21.0. The van der Waals surface area contributed by atoms with Crippen molar-refractivity contribution < 1.29 is 14.3 Å². The predicted octanol–water partition coefficient (Wildman–Crippen LogP) is 3.42. The van der Waals surface area contributed by atoms with E-state index in [9.17, 15) is 9.59 Å². The second-order valence-electron chi connectivity index (χ2n) is 6.38. The van der Waals surface area contributed by atoms with Crippen LogP contribution >= 0.6 is 11.3 Å². The number of amides is 1. The van der Waals surface area contributed by atoms with Crippen molar-refractivity contribution in [2.75, 3.05) is 13.7 Å². The molecule has 148 valence electrons. The third-order valence-electron chi connectivity index (χ3n) is 4.41. The number of nitrogens with zero attached hydrogens (tertiary/aromatic N) is 1. The molecule has 0 saturated carbocycles. The Kier molecular flexibility index (Phi) is 7.91. The average Bonchev–Trinajstić information content (AvgIpc) is 2.90. The van der Waals surface area contributed by atoms with Gasteiger partial charge in [-0.05, 0) is 38.0 Å². The van der Waals surface area contributed by atoms with E-state index in [0.29, 0.717) is 31.2 Å². The van der Waals surface area contributed by atoms with Gasteiger partial charge in [-0.2, -0.15) is 0 Å². The molecule has 27 heavy (non-hydrogen) atoms. The molecule has 0 aliphatic carbocycles. The Bertz CT molecular complexity index is 826. The van der Waals surface area contributed by atoms with Gasteiger partial charge in [-0.15, -0.1) is 0 Å². The molecule has 1 N–H and O–H groups in total. The number of hydrogen-bond donors (Lipinski definition) is 1. The molecule has 0 bridgehead atoms. The molecule has 1 heterocycles. The van der Waals surface area contributed by atoms with Crippen LogP contribution in [0.25, 0.3) is 0 Å². The average molecular weight is 393 g/mol. The van der Waals surface area contributed by atoms with E-state index < -0.39 is 0 Å².